The molecule has 1 atom stereocenters. The van der Waals surface area contributed by atoms with E-state index >= 15 is 0 Å². The molecular weight excluding hydrogens is 386 g/mol. The van der Waals surface area contributed by atoms with Crippen molar-refractivity contribution in [2.24, 2.45) is 4.99 Å². The van der Waals surface area contributed by atoms with Gasteiger partial charge in [-0.25, -0.2) is 9.67 Å². The lowest BCUT2D eigenvalue weighted by Gasteiger charge is -2.24. The minimum atomic E-state index is 0.0745. The first kappa shape index (κ1) is 19.1. The SMILES string of the molecule is COc1ccc(C2CC(c3ccccc3O)=Nc3c2c(C)nn3-c2ccccc2)cc1. The van der Waals surface area contributed by atoms with Crippen LogP contribution in [0.15, 0.2) is 83.9 Å². The molecule has 3 aromatic carbocycles. The van der Waals surface area contributed by atoms with E-state index in [0.717, 1.165) is 39.8 Å². The Bertz CT molecular complexity index is 1260. The highest BCUT2D eigenvalue weighted by Crippen LogP contribution is 2.43. The van der Waals surface area contributed by atoms with Gasteiger partial charge in [0.15, 0.2) is 5.82 Å². The molecule has 1 unspecified atom stereocenters. The Morgan fingerprint density at radius 3 is 2.35 bits per heavy atom. The number of aryl methyl sites for hydroxylation is 1. The number of benzene rings is 3. The summed E-state index contributed by atoms with van der Waals surface area (Å²) < 4.78 is 7.25. The average Bonchev–Trinajstić information content (AvgIpc) is 3.16. The van der Waals surface area contributed by atoms with Gasteiger partial charge in [-0.2, -0.15) is 5.10 Å². The highest BCUT2D eigenvalue weighted by atomic mass is 16.5. The second-order valence-corrected chi connectivity index (χ2v) is 7.68. The van der Waals surface area contributed by atoms with Gasteiger partial charge in [-0.15, -0.1) is 0 Å². The third-order valence-electron chi connectivity index (χ3n) is 5.80. The molecule has 2 heterocycles. The number of hydrogen-bond acceptors (Lipinski definition) is 4. The lowest BCUT2D eigenvalue weighted by molar-refractivity contribution is 0.414. The van der Waals surface area contributed by atoms with Gasteiger partial charge in [-0.05, 0) is 48.9 Å². The van der Waals surface area contributed by atoms with Crippen LogP contribution in [0.2, 0.25) is 0 Å². The molecule has 5 heteroatoms. The first-order chi connectivity index (χ1) is 15.2. The zero-order chi connectivity index (χ0) is 21.4. The van der Waals surface area contributed by atoms with Crippen molar-refractivity contribution in [3.05, 3.63) is 101 Å². The van der Waals surface area contributed by atoms with Crippen LogP contribution in [0.3, 0.4) is 0 Å². The maximum absolute atomic E-state index is 10.5. The summed E-state index contributed by atoms with van der Waals surface area (Å²) in [5.74, 6) is 1.95. The van der Waals surface area contributed by atoms with E-state index in [1.165, 1.54) is 5.56 Å². The number of phenolic OH excluding ortho intramolecular Hbond substituents is 1. The molecule has 31 heavy (non-hydrogen) atoms. The lowest BCUT2D eigenvalue weighted by atomic mass is 9.83. The monoisotopic (exact) mass is 409 g/mol. The fourth-order valence-corrected chi connectivity index (χ4v) is 4.27. The summed E-state index contributed by atoms with van der Waals surface area (Å²) in [6.45, 7) is 2.04. The van der Waals surface area contributed by atoms with Crippen molar-refractivity contribution in [3.8, 4) is 17.2 Å². The predicted molar refractivity (Wildman–Crippen MR) is 122 cm³/mol. The van der Waals surface area contributed by atoms with Crippen LogP contribution in [0.25, 0.3) is 5.69 Å². The first-order valence-corrected chi connectivity index (χ1v) is 10.3. The number of methoxy groups -OCH3 is 1. The van der Waals surface area contributed by atoms with E-state index in [2.05, 4.69) is 12.1 Å². The van der Waals surface area contributed by atoms with Crippen molar-refractivity contribution >= 4 is 11.5 Å². The van der Waals surface area contributed by atoms with Gasteiger partial charge in [-0.1, -0.05) is 42.5 Å². The topological polar surface area (TPSA) is 59.6 Å². The Kier molecular flexibility index (Phi) is 4.79. The molecule has 1 aliphatic rings. The van der Waals surface area contributed by atoms with Crippen LogP contribution in [-0.2, 0) is 0 Å². The third kappa shape index (κ3) is 3.38. The van der Waals surface area contributed by atoms with Crippen molar-refractivity contribution < 1.29 is 9.84 Å². The van der Waals surface area contributed by atoms with Gasteiger partial charge in [-0.3, -0.25) is 0 Å². The van der Waals surface area contributed by atoms with Crippen molar-refractivity contribution in [2.45, 2.75) is 19.3 Å². The second-order valence-electron chi connectivity index (χ2n) is 7.68. The standard InChI is InChI=1S/C26H23N3O2/c1-17-25-22(18-12-14-20(31-2)15-13-18)16-23(21-10-6-7-11-24(21)30)27-26(25)29(28-17)19-8-4-3-5-9-19/h3-15,22,30H,16H2,1-2H3. The van der Waals surface area contributed by atoms with Gasteiger partial charge in [0.1, 0.15) is 11.5 Å². The van der Waals surface area contributed by atoms with E-state index in [1.54, 1.807) is 13.2 Å². The summed E-state index contributed by atoms with van der Waals surface area (Å²) in [4.78, 5) is 5.02. The number of nitrogens with zero attached hydrogens (tertiary/aromatic N) is 3. The highest BCUT2D eigenvalue weighted by molar-refractivity contribution is 6.06. The van der Waals surface area contributed by atoms with Crippen LogP contribution < -0.4 is 4.74 Å². The fourth-order valence-electron chi connectivity index (χ4n) is 4.27. The Morgan fingerprint density at radius 1 is 0.935 bits per heavy atom. The Labute approximate surface area is 181 Å². The molecule has 0 fully saturated rings. The smallest absolute Gasteiger partial charge is 0.160 e. The first-order valence-electron chi connectivity index (χ1n) is 10.3. The number of phenols is 1. The summed E-state index contributed by atoms with van der Waals surface area (Å²) in [6, 6.07) is 25.6. The van der Waals surface area contributed by atoms with Crippen LogP contribution in [0.1, 0.15) is 34.7 Å². The fraction of sp³-hybridized carbons (Fsp3) is 0.154. The van der Waals surface area contributed by atoms with E-state index < -0.39 is 0 Å². The molecule has 0 saturated heterocycles. The molecule has 0 bridgehead atoms. The van der Waals surface area contributed by atoms with Crippen LogP contribution in [-0.4, -0.2) is 27.7 Å². The quantitative estimate of drug-likeness (QED) is 0.481. The maximum atomic E-state index is 10.5. The van der Waals surface area contributed by atoms with Gasteiger partial charge >= 0.3 is 0 Å². The summed E-state index contributed by atoms with van der Waals surface area (Å²) in [6.07, 6.45) is 0.679. The second kappa shape index (κ2) is 7.76. The summed E-state index contributed by atoms with van der Waals surface area (Å²) >= 11 is 0. The lowest BCUT2D eigenvalue weighted by Crippen LogP contribution is -2.15. The van der Waals surface area contributed by atoms with E-state index in [4.69, 9.17) is 14.8 Å². The minimum Gasteiger partial charge on any atom is -0.507 e. The molecule has 0 aliphatic carbocycles. The van der Waals surface area contributed by atoms with Crippen LogP contribution in [0, 0.1) is 6.92 Å². The number of fused-ring (bicyclic) bond motifs is 1. The van der Waals surface area contributed by atoms with Crippen molar-refractivity contribution in [1.82, 2.24) is 9.78 Å². The maximum Gasteiger partial charge on any atom is 0.160 e. The zero-order valence-corrected chi connectivity index (χ0v) is 17.5. The molecule has 4 aromatic rings. The van der Waals surface area contributed by atoms with E-state index in [9.17, 15) is 5.11 Å². The van der Waals surface area contributed by atoms with Crippen LogP contribution in [0.4, 0.5) is 5.82 Å². The molecule has 1 N–H and O–H groups in total. The summed E-state index contributed by atoms with van der Waals surface area (Å²) in [7, 11) is 1.67. The average molecular weight is 409 g/mol. The molecule has 0 spiro atoms. The van der Waals surface area contributed by atoms with E-state index in [1.807, 2.05) is 72.3 Å². The zero-order valence-electron chi connectivity index (χ0n) is 17.5. The molecule has 5 nitrogen and oxygen atoms in total. The summed E-state index contributed by atoms with van der Waals surface area (Å²) in [5, 5.41) is 15.4. The highest BCUT2D eigenvalue weighted by Gasteiger charge is 2.31. The number of aromatic hydroxyl groups is 1. The Balaban J connectivity index is 1.72. The van der Waals surface area contributed by atoms with Gasteiger partial charge < -0.3 is 9.84 Å². The van der Waals surface area contributed by atoms with Crippen molar-refractivity contribution in [2.75, 3.05) is 7.11 Å². The number of aromatic nitrogens is 2. The predicted octanol–water partition coefficient (Wildman–Crippen LogP) is 5.55. The van der Waals surface area contributed by atoms with Crippen molar-refractivity contribution in [1.29, 1.82) is 0 Å². The van der Waals surface area contributed by atoms with Crippen LogP contribution >= 0.6 is 0 Å². The minimum absolute atomic E-state index is 0.0745. The van der Waals surface area contributed by atoms with Gasteiger partial charge in [0, 0.05) is 23.5 Å². The van der Waals surface area contributed by atoms with E-state index in [0.29, 0.717) is 6.42 Å². The van der Waals surface area contributed by atoms with Crippen LogP contribution in [0.5, 0.6) is 11.5 Å². The molecule has 0 radical (unpaired) electrons. The number of aliphatic imine (C=N–C) groups is 1. The molecular formula is C26H23N3O2. The molecule has 0 amide bonds. The largest absolute Gasteiger partial charge is 0.507 e. The Hall–Kier alpha value is -3.86. The van der Waals surface area contributed by atoms with E-state index in [-0.39, 0.29) is 11.7 Å². The number of para-hydroxylation sites is 2. The molecule has 154 valence electrons. The number of rotatable bonds is 4. The summed E-state index contributed by atoms with van der Waals surface area (Å²) in [5.41, 5.74) is 5.81. The molecule has 5 rings (SSSR count). The molecule has 0 saturated carbocycles. The van der Waals surface area contributed by atoms with Gasteiger partial charge in [0.25, 0.3) is 0 Å². The normalized spacial score (nSPS) is 15.3. The Morgan fingerprint density at radius 2 is 1.65 bits per heavy atom. The third-order valence-corrected chi connectivity index (χ3v) is 5.80. The number of hydrogen-bond donors (Lipinski definition) is 1. The molecule has 1 aliphatic heterocycles. The van der Waals surface area contributed by atoms with Gasteiger partial charge in [0.2, 0.25) is 0 Å². The van der Waals surface area contributed by atoms with Gasteiger partial charge in [0.05, 0.1) is 24.2 Å². The molecule has 1 aromatic heterocycles. The number of ether oxygens (including phenoxy) is 1. The van der Waals surface area contributed by atoms with Crippen molar-refractivity contribution in [3.63, 3.8) is 0 Å².